The minimum absolute atomic E-state index is 0.0103. The summed E-state index contributed by atoms with van der Waals surface area (Å²) in [5.41, 5.74) is 1.37. The maximum atomic E-state index is 12.6. The molecule has 0 amide bonds. The fourth-order valence-electron chi connectivity index (χ4n) is 2.74. The van der Waals surface area contributed by atoms with Gasteiger partial charge in [-0.1, -0.05) is 19.1 Å². The van der Waals surface area contributed by atoms with Crippen LogP contribution in [-0.2, 0) is 12.6 Å². The molecule has 1 unspecified atom stereocenters. The number of aryl methyl sites for hydroxylation is 1. The van der Waals surface area contributed by atoms with Crippen LogP contribution in [0.15, 0.2) is 30.5 Å². The van der Waals surface area contributed by atoms with Crippen molar-refractivity contribution in [1.82, 2.24) is 9.78 Å². The van der Waals surface area contributed by atoms with Crippen LogP contribution in [0.3, 0.4) is 0 Å². The lowest BCUT2D eigenvalue weighted by atomic mass is 10.0. The van der Waals surface area contributed by atoms with Crippen LogP contribution in [0.5, 0.6) is 0 Å². The van der Waals surface area contributed by atoms with E-state index in [0.29, 0.717) is 0 Å². The van der Waals surface area contributed by atoms with Gasteiger partial charge in [-0.05, 0) is 30.5 Å². The quantitative estimate of drug-likeness (QED) is 0.911. The molecule has 1 aliphatic heterocycles. The van der Waals surface area contributed by atoms with Crippen LogP contribution >= 0.6 is 0 Å². The second-order valence-corrected chi connectivity index (χ2v) is 5.17. The van der Waals surface area contributed by atoms with Gasteiger partial charge in [0.1, 0.15) is 5.82 Å². The number of aromatic nitrogens is 2. The lowest BCUT2D eigenvalue weighted by Gasteiger charge is -2.27. The minimum atomic E-state index is -4.29. The van der Waals surface area contributed by atoms with Crippen molar-refractivity contribution >= 4 is 5.82 Å². The summed E-state index contributed by atoms with van der Waals surface area (Å²) in [6, 6.07) is 5.37. The van der Waals surface area contributed by atoms with E-state index in [-0.39, 0.29) is 6.04 Å². The smallest absolute Gasteiger partial charge is 0.370 e. The summed E-state index contributed by atoms with van der Waals surface area (Å²) in [6.45, 7) is 2.85. The Morgan fingerprint density at radius 1 is 1.29 bits per heavy atom. The Morgan fingerprint density at radius 2 is 2.00 bits per heavy atom. The molecule has 0 bridgehead atoms. The number of benzene rings is 1. The normalized spacial score (nSPS) is 18.2. The Balaban J connectivity index is 1.94. The Labute approximate surface area is 120 Å². The fourth-order valence-corrected chi connectivity index (χ4v) is 2.74. The lowest BCUT2D eigenvalue weighted by molar-refractivity contribution is -0.137. The molecule has 0 fully saturated rings. The van der Waals surface area contributed by atoms with Crippen LogP contribution in [0.1, 0.15) is 36.1 Å². The number of rotatable bonds is 2. The fraction of sp³-hybridized carbons (Fsp3) is 0.400. The highest BCUT2D eigenvalue weighted by molar-refractivity contribution is 5.47. The van der Waals surface area contributed by atoms with Crippen molar-refractivity contribution in [3.05, 3.63) is 47.2 Å². The molecule has 3 rings (SSSR count). The van der Waals surface area contributed by atoms with E-state index in [9.17, 15) is 13.2 Å². The molecule has 0 saturated heterocycles. The highest BCUT2D eigenvalue weighted by atomic mass is 19.4. The number of halogens is 3. The van der Waals surface area contributed by atoms with Crippen molar-refractivity contribution in [3.8, 4) is 0 Å². The van der Waals surface area contributed by atoms with E-state index >= 15 is 0 Å². The highest BCUT2D eigenvalue weighted by Crippen LogP contribution is 2.34. The number of anilines is 1. The molecule has 2 heterocycles. The van der Waals surface area contributed by atoms with E-state index in [1.165, 1.54) is 0 Å². The second kappa shape index (κ2) is 5.09. The molecule has 1 atom stereocenters. The molecule has 0 spiro atoms. The van der Waals surface area contributed by atoms with Gasteiger partial charge < -0.3 is 5.32 Å². The molecule has 112 valence electrons. The summed E-state index contributed by atoms with van der Waals surface area (Å²) in [5.74, 6) is 0.980. The molecule has 1 N–H and O–H groups in total. The first-order valence-electron chi connectivity index (χ1n) is 6.98. The van der Waals surface area contributed by atoms with Crippen LogP contribution in [0, 0.1) is 0 Å². The monoisotopic (exact) mass is 295 g/mol. The molecule has 1 aromatic carbocycles. The number of alkyl halides is 3. The van der Waals surface area contributed by atoms with Crippen LogP contribution in [0.4, 0.5) is 19.0 Å². The average Bonchev–Trinajstić information content (AvgIpc) is 2.89. The van der Waals surface area contributed by atoms with Gasteiger partial charge in [-0.3, -0.25) is 0 Å². The summed E-state index contributed by atoms with van der Waals surface area (Å²) in [7, 11) is 0. The molecule has 1 aliphatic rings. The zero-order valence-corrected chi connectivity index (χ0v) is 11.6. The van der Waals surface area contributed by atoms with E-state index in [1.54, 1.807) is 12.1 Å². The zero-order valence-electron chi connectivity index (χ0n) is 11.6. The van der Waals surface area contributed by atoms with Gasteiger partial charge in [-0.15, -0.1) is 0 Å². The number of nitrogens with zero attached hydrogens (tertiary/aromatic N) is 2. The van der Waals surface area contributed by atoms with Crippen molar-refractivity contribution in [2.45, 2.75) is 32.0 Å². The molecular formula is C15H16F3N3. The van der Waals surface area contributed by atoms with Crippen molar-refractivity contribution in [2.75, 3.05) is 11.9 Å². The van der Waals surface area contributed by atoms with Gasteiger partial charge in [0.05, 0.1) is 17.8 Å². The van der Waals surface area contributed by atoms with Gasteiger partial charge in [0.25, 0.3) is 0 Å². The number of hydrogen-bond donors (Lipinski definition) is 1. The van der Waals surface area contributed by atoms with Gasteiger partial charge in [-0.2, -0.15) is 18.3 Å². The molecule has 6 heteroatoms. The highest BCUT2D eigenvalue weighted by Gasteiger charge is 2.31. The summed E-state index contributed by atoms with van der Waals surface area (Å²) in [4.78, 5) is 0. The number of hydrogen-bond acceptors (Lipinski definition) is 2. The Kier molecular flexibility index (Phi) is 3.39. The van der Waals surface area contributed by atoms with Crippen molar-refractivity contribution in [1.29, 1.82) is 0 Å². The standard InChI is InChI=1S/C15H16F3N3/c1-2-10-9-20-21-13(7-8-19-14(10)21)11-3-5-12(6-4-11)15(16,17)18/h3-6,9,13,19H,2,7-8H2,1H3. The first-order chi connectivity index (χ1) is 10.0. The number of fused-ring (bicyclic) bond motifs is 1. The molecule has 0 radical (unpaired) electrons. The van der Waals surface area contributed by atoms with Crippen molar-refractivity contribution in [3.63, 3.8) is 0 Å². The first-order valence-corrected chi connectivity index (χ1v) is 6.98. The predicted octanol–water partition coefficient (Wildman–Crippen LogP) is 3.87. The van der Waals surface area contributed by atoms with E-state index in [1.807, 2.05) is 10.9 Å². The zero-order chi connectivity index (χ0) is 15.0. The van der Waals surface area contributed by atoms with Crippen LogP contribution < -0.4 is 5.32 Å². The summed E-state index contributed by atoms with van der Waals surface area (Å²) < 4.78 is 39.7. The number of nitrogens with one attached hydrogen (secondary N) is 1. The van der Waals surface area contributed by atoms with Crippen LogP contribution in [-0.4, -0.2) is 16.3 Å². The van der Waals surface area contributed by atoms with Crippen LogP contribution in [0.2, 0.25) is 0 Å². The molecule has 0 aliphatic carbocycles. The van der Waals surface area contributed by atoms with Gasteiger partial charge in [0.2, 0.25) is 0 Å². The summed E-state index contributed by atoms with van der Waals surface area (Å²) in [6.07, 6.45) is -0.783. The molecule has 2 aromatic rings. The first kappa shape index (κ1) is 14.0. The molecule has 3 nitrogen and oxygen atoms in total. The lowest BCUT2D eigenvalue weighted by Crippen LogP contribution is -2.24. The Bertz CT molecular complexity index is 629. The van der Waals surface area contributed by atoms with Gasteiger partial charge in [0.15, 0.2) is 0 Å². The average molecular weight is 295 g/mol. The Morgan fingerprint density at radius 3 is 2.62 bits per heavy atom. The molecule has 1 aromatic heterocycles. The van der Waals surface area contributed by atoms with Gasteiger partial charge in [0, 0.05) is 12.1 Å². The third-order valence-corrected chi connectivity index (χ3v) is 3.88. The second-order valence-electron chi connectivity index (χ2n) is 5.17. The van der Waals surface area contributed by atoms with E-state index in [0.717, 1.165) is 48.5 Å². The maximum absolute atomic E-state index is 12.6. The third kappa shape index (κ3) is 2.50. The SMILES string of the molecule is CCc1cnn2c1NCCC2c1ccc(C(F)(F)F)cc1. The summed E-state index contributed by atoms with van der Waals surface area (Å²) >= 11 is 0. The van der Waals surface area contributed by atoms with E-state index < -0.39 is 11.7 Å². The predicted molar refractivity (Wildman–Crippen MR) is 74.3 cm³/mol. The Hall–Kier alpha value is -1.98. The van der Waals surface area contributed by atoms with Crippen LogP contribution in [0.25, 0.3) is 0 Å². The van der Waals surface area contributed by atoms with Gasteiger partial charge in [-0.25, -0.2) is 4.68 Å². The largest absolute Gasteiger partial charge is 0.416 e. The third-order valence-electron chi connectivity index (χ3n) is 3.88. The van der Waals surface area contributed by atoms with Crippen molar-refractivity contribution in [2.24, 2.45) is 0 Å². The van der Waals surface area contributed by atoms with E-state index in [4.69, 9.17) is 0 Å². The van der Waals surface area contributed by atoms with Gasteiger partial charge >= 0.3 is 6.18 Å². The molecule has 21 heavy (non-hydrogen) atoms. The van der Waals surface area contributed by atoms with Crippen molar-refractivity contribution < 1.29 is 13.2 Å². The maximum Gasteiger partial charge on any atom is 0.416 e. The molecular weight excluding hydrogens is 279 g/mol. The topological polar surface area (TPSA) is 29.9 Å². The summed E-state index contributed by atoms with van der Waals surface area (Å²) in [5, 5.41) is 7.71. The molecule has 0 saturated carbocycles. The minimum Gasteiger partial charge on any atom is -0.370 e. The van der Waals surface area contributed by atoms with E-state index in [2.05, 4.69) is 17.3 Å².